The van der Waals surface area contributed by atoms with Crippen LogP contribution in [0.15, 0.2) is 48.5 Å². The number of rotatable bonds is 5. The molecule has 0 radical (unpaired) electrons. The Hall–Kier alpha value is -1.96. The summed E-state index contributed by atoms with van der Waals surface area (Å²) in [4.78, 5) is 0. The van der Waals surface area contributed by atoms with Gasteiger partial charge in [-0.25, -0.2) is 0 Å². The van der Waals surface area contributed by atoms with Crippen LogP contribution in [0.2, 0.25) is 0 Å². The van der Waals surface area contributed by atoms with Gasteiger partial charge in [0, 0.05) is 5.92 Å². The minimum absolute atomic E-state index is 0.293. The first-order valence-electron chi connectivity index (χ1n) is 7.18. The summed E-state index contributed by atoms with van der Waals surface area (Å²) in [5, 5.41) is 18.9. The summed E-state index contributed by atoms with van der Waals surface area (Å²) < 4.78 is 0. The van der Waals surface area contributed by atoms with E-state index in [1.165, 1.54) is 11.1 Å². The summed E-state index contributed by atoms with van der Waals surface area (Å²) >= 11 is 0. The van der Waals surface area contributed by atoms with Crippen LogP contribution in [0, 0.1) is 5.92 Å². The number of hydrogen-bond acceptors (Lipinski definition) is 2. The molecular formula is C18H22O2. The van der Waals surface area contributed by atoms with E-state index in [1.807, 2.05) is 24.3 Å². The van der Waals surface area contributed by atoms with E-state index in [4.69, 9.17) is 0 Å². The highest BCUT2D eigenvalue weighted by Crippen LogP contribution is 2.33. The SMILES string of the molecule is CCC(C)CC(c1ccc(O)cc1)c1ccc(O)cc1. The normalized spacial score (nSPS) is 12.6. The fourth-order valence-corrected chi connectivity index (χ4v) is 2.45. The lowest BCUT2D eigenvalue weighted by molar-refractivity contribution is 0.470. The van der Waals surface area contributed by atoms with Gasteiger partial charge < -0.3 is 10.2 Å². The zero-order valence-electron chi connectivity index (χ0n) is 12.1. The Kier molecular flexibility index (Phi) is 4.67. The number of aromatic hydroxyl groups is 2. The van der Waals surface area contributed by atoms with Crippen LogP contribution in [-0.4, -0.2) is 10.2 Å². The first kappa shape index (κ1) is 14.4. The van der Waals surface area contributed by atoms with E-state index in [0.29, 0.717) is 23.3 Å². The van der Waals surface area contributed by atoms with E-state index in [2.05, 4.69) is 13.8 Å². The van der Waals surface area contributed by atoms with Crippen molar-refractivity contribution < 1.29 is 10.2 Å². The molecule has 2 N–H and O–H groups in total. The first-order valence-corrected chi connectivity index (χ1v) is 7.18. The maximum atomic E-state index is 9.44. The van der Waals surface area contributed by atoms with Gasteiger partial charge in [0.1, 0.15) is 11.5 Å². The van der Waals surface area contributed by atoms with Crippen molar-refractivity contribution >= 4 is 0 Å². The number of phenolic OH excluding ortho intramolecular Hbond substituents is 2. The second-order valence-corrected chi connectivity index (χ2v) is 5.48. The summed E-state index contributed by atoms with van der Waals surface area (Å²) in [6.07, 6.45) is 2.21. The fourth-order valence-electron chi connectivity index (χ4n) is 2.45. The third-order valence-corrected chi connectivity index (χ3v) is 3.93. The molecule has 0 aromatic heterocycles. The summed E-state index contributed by atoms with van der Waals surface area (Å²) in [6.45, 7) is 4.46. The lowest BCUT2D eigenvalue weighted by Gasteiger charge is -2.21. The largest absolute Gasteiger partial charge is 0.508 e. The first-order chi connectivity index (χ1) is 9.60. The van der Waals surface area contributed by atoms with Crippen LogP contribution in [0.4, 0.5) is 0 Å². The van der Waals surface area contributed by atoms with Crippen molar-refractivity contribution in [1.82, 2.24) is 0 Å². The van der Waals surface area contributed by atoms with Crippen molar-refractivity contribution in [2.75, 3.05) is 0 Å². The Morgan fingerprint density at radius 2 is 1.20 bits per heavy atom. The highest BCUT2D eigenvalue weighted by molar-refractivity contribution is 5.37. The molecule has 0 saturated heterocycles. The predicted molar refractivity (Wildman–Crippen MR) is 82.1 cm³/mol. The quantitative estimate of drug-likeness (QED) is 0.829. The zero-order chi connectivity index (χ0) is 14.5. The number of benzene rings is 2. The van der Waals surface area contributed by atoms with Crippen molar-refractivity contribution in [2.24, 2.45) is 5.92 Å². The predicted octanol–water partition coefficient (Wildman–Crippen LogP) is 4.67. The van der Waals surface area contributed by atoms with Crippen LogP contribution in [0.5, 0.6) is 11.5 Å². The van der Waals surface area contributed by atoms with Crippen molar-refractivity contribution in [1.29, 1.82) is 0 Å². The molecule has 0 heterocycles. The van der Waals surface area contributed by atoms with Crippen LogP contribution in [0.25, 0.3) is 0 Å². The maximum Gasteiger partial charge on any atom is 0.115 e. The van der Waals surface area contributed by atoms with E-state index in [-0.39, 0.29) is 0 Å². The number of hydrogen-bond donors (Lipinski definition) is 2. The van der Waals surface area contributed by atoms with Crippen molar-refractivity contribution in [3.63, 3.8) is 0 Å². The van der Waals surface area contributed by atoms with E-state index < -0.39 is 0 Å². The topological polar surface area (TPSA) is 40.5 Å². The lowest BCUT2D eigenvalue weighted by atomic mass is 9.83. The molecule has 2 heteroatoms. The summed E-state index contributed by atoms with van der Waals surface area (Å²) in [5.41, 5.74) is 2.41. The Labute approximate surface area is 120 Å². The Bertz CT molecular complexity index is 483. The highest BCUT2D eigenvalue weighted by atomic mass is 16.3. The minimum Gasteiger partial charge on any atom is -0.508 e. The van der Waals surface area contributed by atoms with Gasteiger partial charge in [0.15, 0.2) is 0 Å². The number of phenols is 2. The molecule has 0 fully saturated rings. The van der Waals surface area contributed by atoms with Gasteiger partial charge in [-0.2, -0.15) is 0 Å². The Morgan fingerprint density at radius 3 is 1.55 bits per heavy atom. The van der Waals surface area contributed by atoms with E-state index in [1.54, 1.807) is 24.3 Å². The molecule has 20 heavy (non-hydrogen) atoms. The van der Waals surface area contributed by atoms with Crippen LogP contribution in [-0.2, 0) is 0 Å². The summed E-state index contributed by atoms with van der Waals surface area (Å²) in [6, 6.07) is 14.9. The van der Waals surface area contributed by atoms with E-state index in [0.717, 1.165) is 12.8 Å². The molecular weight excluding hydrogens is 248 g/mol. The van der Waals surface area contributed by atoms with E-state index >= 15 is 0 Å². The molecule has 0 aliphatic rings. The average Bonchev–Trinajstić information content (AvgIpc) is 2.46. The molecule has 2 rings (SSSR count). The molecule has 0 amide bonds. The molecule has 0 bridgehead atoms. The zero-order valence-corrected chi connectivity index (χ0v) is 12.1. The third kappa shape index (κ3) is 3.53. The fraction of sp³-hybridized carbons (Fsp3) is 0.333. The van der Waals surface area contributed by atoms with Gasteiger partial charge in [-0.3, -0.25) is 0 Å². The monoisotopic (exact) mass is 270 g/mol. The van der Waals surface area contributed by atoms with E-state index in [9.17, 15) is 10.2 Å². The second-order valence-electron chi connectivity index (χ2n) is 5.48. The van der Waals surface area contributed by atoms with Gasteiger partial charge in [0.2, 0.25) is 0 Å². The molecule has 0 aliphatic heterocycles. The third-order valence-electron chi connectivity index (χ3n) is 3.93. The van der Waals surface area contributed by atoms with Crippen LogP contribution >= 0.6 is 0 Å². The molecule has 1 atom stereocenters. The molecule has 106 valence electrons. The molecule has 1 unspecified atom stereocenters. The van der Waals surface area contributed by atoms with Crippen molar-refractivity contribution in [3.8, 4) is 11.5 Å². The molecule has 2 aromatic carbocycles. The smallest absolute Gasteiger partial charge is 0.115 e. The van der Waals surface area contributed by atoms with Crippen LogP contribution in [0.1, 0.15) is 43.7 Å². The molecule has 0 saturated carbocycles. The van der Waals surface area contributed by atoms with Gasteiger partial charge in [-0.1, -0.05) is 44.5 Å². The van der Waals surface area contributed by atoms with Crippen LogP contribution < -0.4 is 0 Å². The molecule has 2 aromatic rings. The van der Waals surface area contributed by atoms with Gasteiger partial charge in [0.25, 0.3) is 0 Å². The Balaban J connectivity index is 2.33. The summed E-state index contributed by atoms with van der Waals surface area (Å²) in [5.74, 6) is 1.51. The lowest BCUT2D eigenvalue weighted by Crippen LogP contribution is -2.06. The average molecular weight is 270 g/mol. The Morgan fingerprint density at radius 1 is 0.800 bits per heavy atom. The maximum absolute atomic E-state index is 9.44. The van der Waals surface area contributed by atoms with Crippen molar-refractivity contribution in [2.45, 2.75) is 32.6 Å². The van der Waals surface area contributed by atoms with Crippen LogP contribution in [0.3, 0.4) is 0 Å². The molecule has 0 aliphatic carbocycles. The standard InChI is InChI=1S/C18H22O2/c1-3-13(2)12-18(14-4-8-16(19)9-5-14)15-6-10-17(20)11-7-15/h4-11,13,18-20H,3,12H2,1-2H3. The van der Waals surface area contributed by atoms with Gasteiger partial charge in [0.05, 0.1) is 0 Å². The summed E-state index contributed by atoms with van der Waals surface area (Å²) in [7, 11) is 0. The molecule has 0 spiro atoms. The second kappa shape index (κ2) is 6.47. The van der Waals surface area contributed by atoms with Crippen molar-refractivity contribution in [3.05, 3.63) is 59.7 Å². The van der Waals surface area contributed by atoms with Gasteiger partial charge in [-0.05, 0) is 47.7 Å². The highest BCUT2D eigenvalue weighted by Gasteiger charge is 2.17. The minimum atomic E-state index is 0.293. The van der Waals surface area contributed by atoms with Gasteiger partial charge in [-0.15, -0.1) is 0 Å². The molecule has 2 nitrogen and oxygen atoms in total. The van der Waals surface area contributed by atoms with Gasteiger partial charge >= 0.3 is 0 Å².